The van der Waals surface area contributed by atoms with E-state index < -0.39 is 11.5 Å². The summed E-state index contributed by atoms with van der Waals surface area (Å²) in [4.78, 5) is 25.1. The molecule has 0 radical (unpaired) electrons. The first kappa shape index (κ1) is 14.5. The van der Waals surface area contributed by atoms with Crippen molar-refractivity contribution < 1.29 is 19.4 Å². The maximum Gasteiger partial charge on any atom is 0.235 e. The quantitative estimate of drug-likeness (QED) is 0.847. The maximum atomic E-state index is 12.1. The fourth-order valence-corrected chi connectivity index (χ4v) is 2.43. The van der Waals surface area contributed by atoms with Gasteiger partial charge in [-0.15, -0.1) is 0 Å². The number of carbonyl (C=O) groups excluding carboxylic acids is 2. The molecule has 0 bridgehead atoms. The van der Waals surface area contributed by atoms with Crippen LogP contribution in [0.1, 0.15) is 31.9 Å². The van der Waals surface area contributed by atoms with Crippen molar-refractivity contribution in [2.75, 3.05) is 13.7 Å². The molecule has 1 aliphatic rings. The number of para-hydroxylation sites is 1. The average Bonchev–Trinajstić information content (AvgIpc) is 2.60. The molecule has 0 aliphatic carbocycles. The number of benzene rings is 1. The van der Waals surface area contributed by atoms with Crippen molar-refractivity contribution in [2.24, 2.45) is 5.41 Å². The summed E-state index contributed by atoms with van der Waals surface area (Å²) in [5.74, 6) is 0.0590. The lowest BCUT2D eigenvalue weighted by atomic mass is 9.92. The Morgan fingerprint density at radius 2 is 2.00 bits per heavy atom. The van der Waals surface area contributed by atoms with Crippen LogP contribution in [0, 0.1) is 5.41 Å². The number of aliphatic hydroxyl groups is 1. The van der Waals surface area contributed by atoms with Crippen LogP contribution in [-0.4, -0.2) is 35.5 Å². The van der Waals surface area contributed by atoms with E-state index in [1.54, 1.807) is 38.1 Å². The first-order valence-corrected chi connectivity index (χ1v) is 6.52. The van der Waals surface area contributed by atoms with E-state index in [2.05, 4.69) is 0 Å². The highest BCUT2D eigenvalue weighted by Crippen LogP contribution is 2.34. The van der Waals surface area contributed by atoms with E-state index in [9.17, 15) is 14.7 Å². The largest absolute Gasteiger partial charge is 0.496 e. The lowest BCUT2D eigenvalue weighted by Gasteiger charge is -2.22. The molecule has 1 saturated heterocycles. The van der Waals surface area contributed by atoms with Gasteiger partial charge in [-0.05, 0) is 6.07 Å². The molecule has 0 saturated carbocycles. The number of rotatable bonds is 4. The number of nitrogens with zero attached hydrogens (tertiary/aromatic N) is 1. The number of imide groups is 1. The molecule has 20 heavy (non-hydrogen) atoms. The molecule has 0 spiro atoms. The van der Waals surface area contributed by atoms with Crippen LogP contribution < -0.4 is 4.74 Å². The fourth-order valence-electron chi connectivity index (χ4n) is 2.43. The molecular formula is C15H19NO4. The molecule has 2 rings (SSSR count). The zero-order valence-electron chi connectivity index (χ0n) is 11.9. The third-order valence-corrected chi connectivity index (χ3v) is 3.57. The average molecular weight is 277 g/mol. The van der Waals surface area contributed by atoms with Gasteiger partial charge in [0, 0.05) is 12.0 Å². The zero-order valence-corrected chi connectivity index (χ0v) is 11.9. The van der Waals surface area contributed by atoms with Crippen molar-refractivity contribution in [3.8, 4) is 5.75 Å². The molecule has 1 aliphatic heterocycles. The summed E-state index contributed by atoms with van der Waals surface area (Å²) in [6.45, 7) is 3.44. The van der Waals surface area contributed by atoms with Gasteiger partial charge in [-0.3, -0.25) is 14.5 Å². The van der Waals surface area contributed by atoms with E-state index in [-0.39, 0.29) is 24.8 Å². The van der Waals surface area contributed by atoms with Crippen LogP contribution in [-0.2, 0) is 9.59 Å². The molecule has 5 heteroatoms. The minimum absolute atomic E-state index is 0.0402. The Bertz CT molecular complexity index is 538. The predicted octanol–water partition coefficient (Wildman–Crippen LogP) is 1.51. The third kappa shape index (κ3) is 2.54. The minimum atomic E-state index is -0.951. The number of amides is 2. The van der Waals surface area contributed by atoms with Crippen LogP contribution in [0.4, 0.5) is 0 Å². The van der Waals surface area contributed by atoms with E-state index in [4.69, 9.17) is 4.74 Å². The Balaban J connectivity index is 2.18. The first-order valence-electron chi connectivity index (χ1n) is 6.52. The summed E-state index contributed by atoms with van der Waals surface area (Å²) < 4.78 is 5.18. The number of methoxy groups -OCH3 is 1. The molecule has 108 valence electrons. The normalized spacial score (nSPS) is 19.3. The molecule has 1 fully saturated rings. The van der Waals surface area contributed by atoms with E-state index in [0.29, 0.717) is 11.3 Å². The zero-order chi connectivity index (χ0) is 14.9. The van der Waals surface area contributed by atoms with E-state index >= 15 is 0 Å². The van der Waals surface area contributed by atoms with Gasteiger partial charge in [0.15, 0.2) is 0 Å². The lowest BCUT2D eigenvalue weighted by Crippen LogP contribution is -2.36. The number of hydrogen-bond donors (Lipinski definition) is 1. The van der Waals surface area contributed by atoms with Crippen molar-refractivity contribution in [1.82, 2.24) is 4.90 Å². The number of hydrogen-bond acceptors (Lipinski definition) is 4. The Morgan fingerprint density at radius 1 is 1.35 bits per heavy atom. The van der Waals surface area contributed by atoms with Crippen molar-refractivity contribution in [3.05, 3.63) is 29.8 Å². The predicted molar refractivity (Wildman–Crippen MR) is 73.1 cm³/mol. The summed E-state index contributed by atoms with van der Waals surface area (Å²) >= 11 is 0. The van der Waals surface area contributed by atoms with Crippen molar-refractivity contribution in [2.45, 2.75) is 26.4 Å². The van der Waals surface area contributed by atoms with Crippen LogP contribution in [0.2, 0.25) is 0 Å². The molecule has 1 heterocycles. The second-order valence-corrected chi connectivity index (χ2v) is 5.63. The lowest BCUT2D eigenvalue weighted by molar-refractivity contribution is -0.142. The summed E-state index contributed by atoms with van der Waals surface area (Å²) in [6, 6.07) is 7.03. The number of aliphatic hydroxyl groups excluding tert-OH is 1. The van der Waals surface area contributed by atoms with Crippen molar-refractivity contribution >= 4 is 11.8 Å². The maximum absolute atomic E-state index is 12.1. The van der Waals surface area contributed by atoms with Gasteiger partial charge in [-0.25, -0.2) is 0 Å². The van der Waals surface area contributed by atoms with Crippen LogP contribution in [0.3, 0.4) is 0 Å². The smallest absolute Gasteiger partial charge is 0.235 e. The summed E-state index contributed by atoms with van der Waals surface area (Å²) in [5.41, 5.74) is -0.113. The van der Waals surface area contributed by atoms with Crippen LogP contribution in [0.5, 0.6) is 5.75 Å². The van der Waals surface area contributed by atoms with Crippen molar-refractivity contribution in [1.29, 1.82) is 0 Å². The Labute approximate surface area is 118 Å². The highest BCUT2D eigenvalue weighted by molar-refractivity contribution is 6.05. The molecule has 1 N–H and O–H groups in total. The topological polar surface area (TPSA) is 66.8 Å². The number of carbonyl (C=O) groups is 2. The van der Waals surface area contributed by atoms with Crippen molar-refractivity contribution in [3.63, 3.8) is 0 Å². The number of β-amino-alcohol motifs (C(OH)–C–C–N with tert-alkyl or cyclic N) is 1. The first-order chi connectivity index (χ1) is 9.36. The molecule has 1 aromatic rings. The number of ether oxygens (including phenoxy) is 1. The standard InChI is InChI=1S/C15H19NO4/c1-15(2)8-13(18)16(14(15)19)9-11(17)10-6-4-5-7-12(10)20-3/h4-7,11,17H,8-9H2,1-3H3. The van der Waals surface area contributed by atoms with Gasteiger partial charge in [0.25, 0.3) is 0 Å². The van der Waals surface area contributed by atoms with Gasteiger partial charge >= 0.3 is 0 Å². The van der Waals surface area contributed by atoms with Gasteiger partial charge in [0.2, 0.25) is 11.8 Å². The van der Waals surface area contributed by atoms with Crippen LogP contribution in [0.15, 0.2) is 24.3 Å². The second-order valence-electron chi connectivity index (χ2n) is 5.63. The Kier molecular flexibility index (Phi) is 3.81. The van der Waals surface area contributed by atoms with Crippen LogP contribution in [0.25, 0.3) is 0 Å². The van der Waals surface area contributed by atoms with Crippen LogP contribution >= 0.6 is 0 Å². The fraction of sp³-hybridized carbons (Fsp3) is 0.467. The van der Waals surface area contributed by atoms with Gasteiger partial charge in [-0.2, -0.15) is 0 Å². The summed E-state index contributed by atoms with van der Waals surface area (Å²) in [7, 11) is 1.51. The molecule has 2 amide bonds. The third-order valence-electron chi connectivity index (χ3n) is 3.57. The monoisotopic (exact) mass is 277 g/mol. The van der Waals surface area contributed by atoms with E-state index in [0.717, 1.165) is 4.90 Å². The van der Waals surface area contributed by atoms with Gasteiger partial charge in [0.1, 0.15) is 11.9 Å². The molecule has 5 nitrogen and oxygen atoms in total. The van der Waals surface area contributed by atoms with Gasteiger partial charge in [0.05, 0.1) is 19.1 Å². The SMILES string of the molecule is COc1ccccc1C(O)CN1C(=O)CC(C)(C)C1=O. The molecule has 0 aromatic heterocycles. The van der Waals surface area contributed by atoms with E-state index in [1.807, 2.05) is 0 Å². The molecular weight excluding hydrogens is 258 g/mol. The molecule has 1 aromatic carbocycles. The summed E-state index contributed by atoms with van der Waals surface area (Å²) in [6.07, 6.45) is -0.766. The van der Waals surface area contributed by atoms with E-state index in [1.165, 1.54) is 7.11 Å². The highest BCUT2D eigenvalue weighted by atomic mass is 16.5. The minimum Gasteiger partial charge on any atom is -0.496 e. The van der Waals surface area contributed by atoms with Gasteiger partial charge < -0.3 is 9.84 Å². The second kappa shape index (κ2) is 5.25. The van der Waals surface area contributed by atoms with Gasteiger partial charge in [-0.1, -0.05) is 32.0 Å². The summed E-state index contributed by atoms with van der Waals surface area (Å²) in [5, 5.41) is 10.3. The Morgan fingerprint density at radius 3 is 2.55 bits per heavy atom. The highest BCUT2D eigenvalue weighted by Gasteiger charge is 2.45. The molecule has 1 unspecified atom stereocenters. The molecule has 1 atom stereocenters. The Hall–Kier alpha value is -1.88. The number of likely N-dealkylation sites (tertiary alicyclic amines) is 1.